The first-order chi connectivity index (χ1) is 9.40. The first-order valence-corrected chi connectivity index (χ1v) is 6.33. The van der Waals surface area contributed by atoms with Gasteiger partial charge in [0.05, 0.1) is 12.3 Å². The molecule has 1 N–H and O–H groups in total. The quantitative estimate of drug-likeness (QED) is 0.918. The highest BCUT2D eigenvalue weighted by molar-refractivity contribution is 5.81. The summed E-state index contributed by atoms with van der Waals surface area (Å²) in [5.74, 6) is -3.72. The summed E-state index contributed by atoms with van der Waals surface area (Å²) in [5.41, 5.74) is -0.274. The number of aliphatic carboxylic acids is 1. The van der Waals surface area contributed by atoms with Crippen molar-refractivity contribution in [1.29, 1.82) is 0 Å². The number of rotatable bonds is 3. The summed E-state index contributed by atoms with van der Waals surface area (Å²) in [6.45, 7) is 2.13. The molecule has 1 aliphatic heterocycles. The Bertz CT molecular complexity index is 527. The van der Waals surface area contributed by atoms with E-state index in [9.17, 15) is 18.4 Å². The molecule has 1 aromatic carbocycles. The van der Waals surface area contributed by atoms with E-state index in [4.69, 9.17) is 5.11 Å². The van der Waals surface area contributed by atoms with Gasteiger partial charge in [0.1, 0.15) is 11.6 Å². The number of nitrogens with zero attached hydrogens (tertiary/aromatic N) is 1. The van der Waals surface area contributed by atoms with Crippen LogP contribution in [0.2, 0.25) is 0 Å². The minimum Gasteiger partial charge on any atom is -0.481 e. The summed E-state index contributed by atoms with van der Waals surface area (Å²) >= 11 is 0. The SMILES string of the molecule is C[C@@H]1CN(C(=O)Cc2c(F)cccc2F)C[C@H]1C(=O)O. The van der Waals surface area contributed by atoms with Crippen molar-refractivity contribution in [3.63, 3.8) is 0 Å². The van der Waals surface area contributed by atoms with Crippen molar-refractivity contribution in [1.82, 2.24) is 4.90 Å². The Labute approximate surface area is 115 Å². The van der Waals surface area contributed by atoms with Crippen molar-refractivity contribution in [3.8, 4) is 0 Å². The number of benzene rings is 1. The molecule has 0 radical (unpaired) electrons. The van der Waals surface area contributed by atoms with Crippen molar-refractivity contribution >= 4 is 11.9 Å². The fourth-order valence-electron chi connectivity index (χ4n) is 2.46. The van der Waals surface area contributed by atoms with Crippen LogP contribution in [0, 0.1) is 23.5 Å². The van der Waals surface area contributed by atoms with E-state index in [-0.39, 0.29) is 18.0 Å². The summed E-state index contributed by atoms with van der Waals surface area (Å²) in [6.07, 6.45) is -0.391. The zero-order valence-electron chi connectivity index (χ0n) is 11.0. The number of hydrogen-bond acceptors (Lipinski definition) is 2. The Morgan fingerprint density at radius 3 is 2.40 bits per heavy atom. The molecule has 0 spiro atoms. The molecule has 108 valence electrons. The second-order valence-electron chi connectivity index (χ2n) is 5.10. The lowest BCUT2D eigenvalue weighted by Gasteiger charge is -2.16. The maximum Gasteiger partial charge on any atom is 0.308 e. The van der Waals surface area contributed by atoms with E-state index >= 15 is 0 Å². The molecule has 2 rings (SSSR count). The van der Waals surface area contributed by atoms with Crippen LogP contribution in [-0.4, -0.2) is 35.0 Å². The lowest BCUT2D eigenvalue weighted by Crippen LogP contribution is -2.31. The van der Waals surface area contributed by atoms with Crippen LogP contribution < -0.4 is 0 Å². The Balaban J connectivity index is 2.08. The van der Waals surface area contributed by atoms with Crippen LogP contribution in [0.4, 0.5) is 8.78 Å². The summed E-state index contributed by atoms with van der Waals surface area (Å²) in [5, 5.41) is 9.00. The molecule has 1 saturated heterocycles. The number of carbonyl (C=O) groups is 2. The Kier molecular flexibility index (Phi) is 4.01. The maximum atomic E-state index is 13.5. The van der Waals surface area contributed by atoms with Crippen molar-refractivity contribution in [3.05, 3.63) is 35.4 Å². The molecule has 0 aromatic heterocycles. The molecule has 1 aromatic rings. The number of carbonyl (C=O) groups excluding carboxylic acids is 1. The van der Waals surface area contributed by atoms with Gasteiger partial charge in [-0.15, -0.1) is 0 Å². The number of hydrogen-bond donors (Lipinski definition) is 1. The number of halogens is 2. The number of carboxylic acids is 1. The van der Waals surface area contributed by atoms with E-state index in [2.05, 4.69) is 0 Å². The Morgan fingerprint density at radius 2 is 1.90 bits per heavy atom. The van der Waals surface area contributed by atoms with E-state index in [1.807, 2.05) is 0 Å². The monoisotopic (exact) mass is 283 g/mol. The second-order valence-corrected chi connectivity index (χ2v) is 5.10. The molecule has 1 aliphatic rings. The molecular weight excluding hydrogens is 268 g/mol. The third-order valence-corrected chi connectivity index (χ3v) is 3.67. The maximum absolute atomic E-state index is 13.5. The largest absolute Gasteiger partial charge is 0.481 e. The zero-order valence-corrected chi connectivity index (χ0v) is 11.0. The smallest absolute Gasteiger partial charge is 0.308 e. The van der Waals surface area contributed by atoms with E-state index in [1.165, 1.54) is 11.0 Å². The van der Waals surface area contributed by atoms with Gasteiger partial charge < -0.3 is 10.0 Å². The highest BCUT2D eigenvalue weighted by Gasteiger charge is 2.37. The highest BCUT2D eigenvalue weighted by atomic mass is 19.1. The van der Waals surface area contributed by atoms with Gasteiger partial charge in [0.15, 0.2) is 0 Å². The highest BCUT2D eigenvalue weighted by Crippen LogP contribution is 2.24. The number of amides is 1. The molecule has 0 unspecified atom stereocenters. The number of likely N-dealkylation sites (tertiary alicyclic amines) is 1. The van der Waals surface area contributed by atoms with Crippen molar-refractivity contribution < 1.29 is 23.5 Å². The first-order valence-electron chi connectivity index (χ1n) is 6.33. The van der Waals surface area contributed by atoms with Gasteiger partial charge in [-0.25, -0.2) is 8.78 Å². The summed E-state index contributed by atoms with van der Waals surface area (Å²) in [4.78, 5) is 24.4. The molecule has 1 amide bonds. The van der Waals surface area contributed by atoms with Crippen LogP contribution in [0.5, 0.6) is 0 Å². The van der Waals surface area contributed by atoms with Gasteiger partial charge in [-0.05, 0) is 18.1 Å². The predicted molar refractivity (Wildman–Crippen MR) is 66.9 cm³/mol. The van der Waals surface area contributed by atoms with E-state index in [0.717, 1.165) is 12.1 Å². The lowest BCUT2D eigenvalue weighted by atomic mass is 9.99. The topological polar surface area (TPSA) is 57.6 Å². The Morgan fingerprint density at radius 1 is 1.30 bits per heavy atom. The third-order valence-electron chi connectivity index (χ3n) is 3.67. The normalized spacial score (nSPS) is 22.1. The molecule has 20 heavy (non-hydrogen) atoms. The lowest BCUT2D eigenvalue weighted by molar-refractivity contribution is -0.142. The number of carboxylic acid groups (broad SMARTS) is 1. The summed E-state index contributed by atoms with van der Waals surface area (Å²) < 4.78 is 26.9. The van der Waals surface area contributed by atoms with Crippen LogP contribution in [0.3, 0.4) is 0 Å². The van der Waals surface area contributed by atoms with Crippen molar-refractivity contribution in [2.75, 3.05) is 13.1 Å². The molecule has 4 nitrogen and oxygen atoms in total. The zero-order chi connectivity index (χ0) is 14.9. The standard InChI is InChI=1S/C14H15F2NO3/c1-8-6-17(7-10(8)14(19)20)13(18)5-9-11(15)3-2-4-12(9)16/h2-4,8,10H,5-7H2,1H3,(H,19,20)/t8-,10-/m1/s1. The van der Waals surface area contributed by atoms with Crippen molar-refractivity contribution in [2.24, 2.45) is 11.8 Å². The van der Waals surface area contributed by atoms with Gasteiger partial charge in [0, 0.05) is 18.7 Å². The average molecular weight is 283 g/mol. The molecule has 0 aliphatic carbocycles. The first kappa shape index (κ1) is 14.4. The molecule has 6 heteroatoms. The minimum atomic E-state index is -0.954. The van der Waals surface area contributed by atoms with Crippen LogP contribution in [-0.2, 0) is 16.0 Å². The fourth-order valence-corrected chi connectivity index (χ4v) is 2.46. The van der Waals surface area contributed by atoms with Gasteiger partial charge in [0.25, 0.3) is 0 Å². The molecule has 2 atom stereocenters. The van der Waals surface area contributed by atoms with Gasteiger partial charge in [0.2, 0.25) is 5.91 Å². The third kappa shape index (κ3) is 2.79. The van der Waals surface area contributed by atoms with Gasteiger partial charge in [-0.3, -0.25) is 9.59 Å². The van der Waals surface area contributed by atoms with E-state index in [0.29, 0.717) is 6.54 Å². The average Bonchev–Trinajstić information content (AvgIpc) is 2.76. The molecule has 1 fully saturated rings. The minimum absolute atomic E-state index is 0.0887. The van der Waals surface area contributed by atoms with Crippen LogP contribution in [0.15, 0.2) is 18.2 Å². The van der Waals surface area contributed by atoms with Crippen LogP contribution in [0.1, 0.15) is 12.5 Å². The van der Waals surface area contributed by atoms with Crippen molar-refractivity contribution in [2.45, 2.75) is 13.3 Å². The molecular formula is C14H15F2NO3. The predicted octanol–water partition coefficient (Wildman–Crippen LogP) is 1.69. The molecule has 1 heterocycles. The van der Waals surface area contributed by atoms with Gasteiger partial charge in [-0.2, -0.15) is 0 Å². The second kappa shape index (κ2) is 5.56. The fraction of sp³-hybridized carbons (Fsp3) is 0.429. The summed E-state index contributed by atoms with van der Waals surface area (Å²) in [6, 6.07) is 3.42. The molecule has 0 saturated carbocycles. The van der Waals surface area contributed by atoms with Gasteiger partial charge >= 0.3 is 5.97 Å². The van der Waals surface area contributed by atoms with E-state index in [1.54, 1.807) is 6.92 Å². The van der Waals surface area contributed by atoms with Crippen LogP contribution >= 0.6 is 0 Å². The summed E-state index contributed by atoms with van der Waals surface area (Å²) in [7, 11) is 0. The van der Waals surface area contributed by atoms with Gasteiger partial charge in [-0.1, -0.05) is 13.0 Å². The van der Waals surface area contributed by atoms with E-state index < -0.39 is 35.8 Å². The van der Waals surface area contributed by atoms with Crippen LogP contribution in [0.25, 0.3) is 0 Å². The molecule has 0 bridgehead atoms. The Hall–Kier alpha value is -1.98.